The molecule has 1 amide bonds. The highest BCUT2D eigenvalue weighted by molar-refractivity contribution is 6.04. The number of benzene rings is 2. The number of carbonyl (C=O) groups is 1. The van der Waals surface area contributed by atoms with Gasteiger partial charge in [0.25, 0.3) is 17.2 Å². The van der Waals surface area contributed by atoms with E-state index < -0.39 is 16.4 Å². The summed E-state index contributed by atoms with van der Waals surface area (Å²) >= 11 is 0. The van der Waals surface area contributed by atoms with Gasteiger partial charge in [-0.15, -0.1) is 0 Å². The first kappa shape index (κ1) is 17.6. The smallest absolute Gasteiger partial charge is 0.270 e. The summed E-state index contributed by atoms with van der Waals surface area (Å²) in [5.41, 5.74) is 0.365. The standard InChI is InChI=1S/C19H12N4O4/c20-11-13-10-14(23(26)27)6-8-17(13)22-19(25)15-7-9-16(21-18(15)24)12-4-2-1-3-5-12/h1-10H,(H,21,24)(H,22,25). The zero-order chi connectivity index (χ0) is 19.4. The van der Waals surface area contributed by atoms with Crippen LogP contribution in [0.25, 0.3) is 11.3 Å². The second-order valence-corrected chi connectivity index (χ2v) is 5.53. The van der Waals surface area contributed by atoms with Crippen LogP contribution in [0.15, 0.2) is 65.5 Å². The molecular formula is C19H12N4O4. The van der Waals surface area contributed by atoms with Gasteiger partial charge in [0.2, 0.25) is 0 Å². The fourth-order valence-electron chi connectivity index (χ4n) is 2.48. The molecule has 1 heterocycles. The average molecular weight is 360 g/mol. The molecule has 132 valence electrons. The molecule has 0 spiro atoms. The monoisotopic (exact) mass is 360 g/mol. The van der Waals surface area contributed by atoms with Crippen LogP contribution in [0, 0.1) is 21.4 Å². The summed E-state index contributed by atoms with van der Waals surface area (Å²) in [4.78, 5) is 37.4. The lowest BCUT2D eigenvalue weighted by Crippen LogP contribution is -2.23. The number of H-pyrrole nitrogens is 1. The molecule has 0 bridgehead atoms. The summed E-state index contributed by atoms with van der Waals surface area (Å²) < 4.78 is 0. The minimum atomic E-state index is -0.721. The molecule has 0 unspecified atom stereocenters. The summed E-state index contributed by atoms with van der Waals surface area (Å²) in [6.07, 6.45) is 0. The van der Waals surface area contributed by atoms with Gasteiger partial charge in [0.15, 0.2) is 0 Å². The predicted octanol–water partition coefficient (Wildman–Crippen LogP) is 3.07. The third-order valence-electron chi connectivity index (χ3n) is 3.82. The number of nitro groups is 1. The van der Waals surface area contributed by atoms with Crippen molar-refractivity contribution in [3.05, 3.63) is 92.3 Å². The first-order valence-corrected chi connectivity index (χ1v) is 7.78. The Balaban J connectivity index is 1.88. The van der Waals surface area contributed by atoms with Crippen LogP contribution >= 0.6 is 0 Å². The van der Waals surface area contributed by atoms with E-state index >= 15 is 0 Å². The largest absolute Gasteiger partial charge is 0.321 e. The fourth-order valence-corrected chi connectivity index (χ4v) is 2.48. The number of carbonyl (C=O) groups excluding carboxylic acids is 1. The fraction of sp³-hybridized carbons (Fsp3) is 0. The van der Waals surface area contributed by atoms with Crippen molar-refractivity contribution < 1.29 is 9.72 Å². The molecule has 1 aromatic heterocycles. The number of rotatable bonds is 4. The number of aromatic nitrogens is 1. The molecule has 0 radical (unpaired) electrons. The molecule has 3 rings (SSSR count). The quantitative estimate of drug-likeness (QED) is 0.545. The van der Waals surface area contributed by atoms with Gasteiger partial charge < -0.3 is 10.3 Å². The summed E-state index contributed by atoms with van der Waals surface area (Å²) in [5, 5.41) is 22.4. The Kier molecular flexibility index (Phi) is 4.77. The summed E-state index contributed by atoms with van der Waals surface area (Å²) in [6.45, 7) is 0. The molecule has 0 atom stereocenters. The van der Waals surface area contributed by atoms with Gasteiger partial charge in [-0.05, 0) is 23.8 Å². The van der Waals surface area contributed by atoms with Crippen molar-refractivity contribution in [3.8, 4) is 17.3 Å². The van der Waals surface area contributed by atoms with Crippen LogP contribution < -0.4 is 10.9 Å². The minimum absolute atomic E-state index is 0.0742. The first-order chi connectivity index (χ1) is 13.0. The Morgan fingerprint density at radius 3 is 2.48 bits per heavy atom. The van der Waals surface area contributed by atoms with Crippen molar-refractivity contribution in [2.24, 2.45) is 0 Å². The Hall–Kier alpha value is -4.25. The normalized spacial score (nSPS) is 10.0. The van der Waals surface area contributed by atoms with Crippen LogP contribution in [-0.2, 0) is 0 Å². The van der Waals surface area contributed by atoms with Crippen molar-refractivity contribution in [1.82, 2.24) is 4.98 Å². The van der Waals surface area contributed by atoms with E-state index in [9.17, 15) is 19.7 Å². The van der Waals surface area contributed by atoms with E-state index in [1.165, 1.54) is 18.2 Å². The molecule has 3 aromatic rings. The number of hydrogen-bond donors (Lipinski definition) is 2. The number of amides is 1. The highest BCUT2D eigenvalue weighted by Gasteiger charge is 2.16. The van der Waals surface area contributed by atoms with Gasteiger partial charge in [0, 0.05) is 17.8 Å². The second-order valence-electron chi connectivity index (χ2n) is 5.53. The van der Waals surface area contributed by atoms with Crippen molar-refractivity contribution in [2.45, 2.75) is 0 Å². The minimum Gasteiger partial charge on any atom is -0.321 e. The van der Waals surface area contributed by atoms with Gasteiger partial charge in [-0.1, -0.05) is 30.3 Å². The highest BCUT2D eigenvalue weighted by atomic mass is 16.6. The highest BCUT2D eigenvalue weighted by Crippen LogP contribution is 2.22. The van der Waals surface area contributed by atoms with E-state index in [-0.39, 0.29) is 22.5 Å². The van der Waals surface area contributed by atoms with Gasteiger partial charge in [0.1, 0.15) is 11.6 Å². The van der Waals surface area contributed by atoms with Crippen LogP contribution in [0.4, 0.5) is 11.4 Å². The molecule has 0 saturated heterocycles. The number of anilines is 1. The molecule has 0 saturated carbocycles. The van der Waals surface area contributed by atoms with Gasteiger partial charge in [-0.3, -0.25) is 19.7 Å². The van der Waals surface area contributed by atoms with Crippen LogP contribution in [0.1, 0.15) is 15.9 Å². The zero-order valence-corrected chi connectivity index (χ0v) is 13.8. The number of non-ortho nitro benzene ring substituents is 1. The third kappa shape index (κ3) is 3.72. The van der Waals surface area contributed by atoms with Gasteiger partial charge in [0.05, 0.1) is 16.2 Å². The lowest BCUT2D eigenvalue weighted by atomic mass is 10.1. The third-order valence-corrected chi connectivity index (χ3v) is 3.82. The maximum atomic E-state index is 12.4. The second kappa shape index (κ2) is 7.33. The van der Waals surface area contributed by atoms with Gasteiger partial charge in [-0.25, -0.2) is 0 Å². The van der Waals surface area contributed by atoms with Crippen molar-refractivity contribution in [2.75, 3.05) is 5.32 Å². The van der Waals surface area contributed by atoms with E-state index in [1.807, 2.05) is 30.3 Å². The maximum absolute atomic E-state index is 12.4. The van der Waals surface area contributed by atoms with Crippen LogP contribution in [0.5, 0.6) is 0 Å². The van der Waals surface area contributed by atoms with Crippen LogP contribution in [0.3, 0.4) is 0 Å². The van der Waals surface area contributed by atoms with E-state index in [0.717, 1.165) is 11.6 Å². The Labute approximate surface area is 152 Å². The van der Waals surface area contributed by atoms with Crippen molar-refractivity contribution in [1.29, 1.82) is 5.26 Å². The van der Waals surface area contributed by atoms with Crippen molar-refractivity contribution >= 4 is 17.3 Å². The summed E-state index contributed by atoms with van der Waals surface area (Å²) in [7, 11) is 0. The molecule has 27 heavy (non-hydrogen) atoms. The number of nitrogens with zero attached hydrogens (tertiary/aromatic N) is 2. The van der Waals surface area contributed by atoms with Crippen LogP contribution in [0.2, 0.25) is 0 Å². The number of nitriles is 1. The Morgan fingerprint density at radius 1 is 1.11 bits per heavy atom. The average Bonchev–Trinajstić information content (AvgIpc) is 2.68. The molecule has 2 aromatic carbocycles. The van der Waals surface area contributed by atoms with E-state index in [1.54, 1.807) is 12.1 Å². The summed E-state index contributed by atoms with van der Waals surface area (Å²) in [6, 6.07) is 17.4. The van der Waals surface area contributed by atoms with Gasteiger partial charge in [-0.2, -0.15) is 5.26 Å². The number of aromatic amines is 1. The molecule has 0 aliphatic heterocycles. The molecule has 0 aliphatic rings. The molecular weight excluding hydrogens is 348 g/mol. The number of nitro benzene ring substituents is 1. The Morgan fingerprint density at radius 2 is 1.85 bits per heavy atom. The lowest BCUT2D eigenvalue weighted by Gasteiger charge is -2.07. The molecule has 0 fully saturated rings. The number of nitrogens with one attached hydrogen (secondary N) is 2. The Bertz CT molecular complexity index is 1130. The predicted molar refractivity (Wildman–Crippen MR) is 98.3 cm³/mol. The summed E-state index contributed by atoms with van der Waals surface area (Å²) in [5.74, 6) is -0.721. The van der Waals surface area contributed by atoms with Gasteiger partial charge >= 0.3 is 0 Å². The maximum Gasteiger partial charge on any atom is 0.270 e. The van der Waals surface area contributed by atoms with E-state index in [0.29, 0.717) is 5.69 Å². The molecule has 8 heteroatoms. The lowest BCUT2D eigenvalue weighted by molar-refractivity contribution is -0.384. The van der Waals surface area contributed by atoms with Crippen molar-refractivity contribution in [3.63, 3.8) is 0 Å². The van der Waals surface area contributed by atoms with E-state index in [2.05, 4.69) is 10.3 Å². The van der Waals surface area contributed by atoms with Crippen LogP contribution in [-0.4, -0.2) is 15.8 Å². The molecule has 0 aliphatic carbocycles. The zero-order valence-electron chi connectivity index (χ0n) is 13.8. The topological polar surface area (TPSA) is 129 Å². The molecule has 2 N–H and O–H groups in total. The molecule has 8 nitrogen and oxygen atoms in total. The van der Waals surface area contributed by atoms with E-state index in [4.69, 9.17) is 5.26 Å². The number of pyridine rings is 1. The first-order valence-electron chi connectivity index (χ1n) is 7.78. The SMILES string of the molecule is N#Cc1cc([N+](=O)[O-])ccc1NC(=O)c1ccc(-c2ccccc2)[nH]c1=O. The number of hydrogen-bond acceptors (Lipinski definition) is 5.